The van der Waals surface area contributed by atoms with Crippen LogP contribution in [0.15, 0.2) is 53.6 Å². The van der Waals surface area contributed by atoms with Crippen molar-refractivity contribution in [1.82, 2.24) is 20.1 Å². The molecule has 0 bridgehead atoms. The Morgan fingerprint density at radius 3 is 2.60 bits per heavy atom. The summed E-state index contributed by atoms with van der Waals surface area (Å²) in [6, 6.07) is 5.47. The van der Waals surface area contributed by atoms with Crippen molar-refractivity contribution >= 4 is 11.6 Å². The molecule has 0 aliphatic rings. The molecule has 3 N–H and O–H groups in total. The number of hydrogen-bond acceptors (Lipinski definition) is 5. The number of pyridine rings is 1. The number of benzene rings is 1. The molecule has 2 aromatic heterocycles. The molecular formula is C19H15F4N5O2. The van der Waals surface area contributed by atoms with Crippen molar-refractivity contribution in [2.24, 2.45) is 0 Å². The van der Waals surface area contributed by atoms with Gasteiger partial charge in [0.05, 0.1) is 17.8 Å². The van der Waals surface area contributed by atoms with Gasteiger partial charge in [0, 0.05) is 18.0 Å². The Balaban J connectivity index is 1.88. The van der Waals surface area contributed by atoms with E-state index in [1.165, 1.54) is 25.3 Å². The normalized spacial score (nSPS) is 12.4. The van der Waals surface area contributed by atoms with Crippen LogP contribution in [0.2, 0.25) is 0 Å². The minimum absolute atomic E-state index is 0.110. The fourth-order valence-electron chi connectivity index (χ4n) is 2.69. The largest absolute Gasteiger partial charge is 0.416 e. The molecule has 11 heteroatoms. The third-order valence-electron chi connectivity index (χ3n) is 4.16. The number of hydrogen-bond donors (Lipinski definition) is 2. The Morgan fingerprint density at radius 1 is 1.20 bits per heavy atom. The van der Waals surface area contributed by atoms with Gasteiger partial charge in [-0.1, -0.05) is 0 Å². The zero-order chi connectivity index (χ0) is 22.1. The number of carbonyl (C=O) groups excluding carboxylic acids is 1. The average Bonchev–Trinajstić information content (AvgIpc) is 2.67. The van der Waals surface area contributed by atoms with Gasteiger partial charge in [0.2, 0.25) is 0 Å². The van der Waals surface area contributed by atoms with E-state index in [0.717, 1.165) is 30.5 Å². The maximum atomic E-state index is 13.9. The van der Waals surface area contributed by atoms with Crippen LogP contribution in [0.25, 0.3) is 5.69 Å². The fraction of sp³-hybridized carbons (Fsp3) is 0.158. The smallest absolute Gasteiger partial charge is 0.399 e. The van der Waals surface area contributed by atoms with Gasteiger partial charge in [-0.05, 0) is 42.8 Å². The summed E-state index contributed by atoms with van der Waals surface area (Å²) in [5.41, 5.74) is 3.49. The molecule has 0 aliphatic heterocycles. The minimum atomic E-state index is -4.60. The molecule has 0 spiro atoms. The molecule has 30 heavy (non-hydrogen) atoms. The number of nitrogens with zero attached hydrogens (tertiary/aromatic N) is 3. The van der Waals surface area contributed by atoms with E-state index in [1.54, 1.807) is 0 Å². The number of alkyl halides is 3. The molecule has 2 heterocycles. The number of rotatable bonds is 4. The van der Waals surface area contributed by atoms with Crippen molar-refractivity contribution in [3.63, 3.8) is 0 Å². The van der Waals surface area contributed by atoms with Crippen LogP contribution in [-0.2, 0) is 6.18 Å². The summed E-state index contributed by atoms with van der Waals surface area (Å²) in [7, 11) is 0. The molecule has 156 valence electrons. The highest BCUT2D eigenvalue weighted by Gasteiger charge is 2.31. The van der Waals surface area contributed by atoms with Crippen molar-refractivity contribution in [2.75, 3.05) is 5.73 Å². The predicted molar refractivity (Wildman–Crippen MR) is 99.3 cm³/mol. The number of amides is 1. The van der Waals surface area contributed by atoms with E-state index in [2.05, 4.69) is 15.4 Å². The molecule has 7 nitrogen and oxygen atoms in total. The molecule has 0 saturated carbocycles. The Bertz CT molecular complexity index is 1160. The second-order valence-corrected chi connectivity index (χ2v) is 6.38. The highest BCUT2D eigenvalue weighted by atomic mass is 19.4. The first-order chi connectivity index (χ1) is 14.1. The van der Waals surface area contributed by atoms with E-state index in [-0.39, 0.29) is 22.6 Å². The molecule has 1 atom stereocenters. The number of carbonyl (C=O) groups is 1. The third kappa shape index (κ3) is 4.45. The number of nitrogens with one attached hydrogen (secondary N) is 1. The molecule has 0 fully saturated rings. The molecule has 0 saturated heterocycles. The fourth-order valence-corrected chi connectivity index (χ4v) is 2.69. The Hall–Kier alpha value is -3.76. The van der Waals surface area contributed by atoms with Gasteiger partial charge in [-0.3, -0.25) is 14.6 Å². The van der Waals surface area contributed by atoms with Crippen molar-refractivity contribution in [2.45, 2.75) is 19.1 Å². The van der Waals surface area contributed by atoms with Gasteiger partial charge in [0.1, 0.15) is 11.4 Å². The molecule has 0 aliphatic carbocycles. The van der Waals surface area contributed by atoms with Crippen LogP contribution in [0.3, 0.4) is 0 Å². The van der Waals surface area contributed by atoms with E-state index in [9.17, 15) is 27.2 Å². The van der Waals surface area contributed by atoms with Crippen LogP contribution in [0.5, 0.6) is 0 Å². The van der Waals surface area contributed by atoms with Gasteiger partial charge >= 0.3 is 6.18 Å². The lowest BCUT2D eigenvalue weighted by Crippen LogP contribution is -2.31. The molecule has 3 aromatic rings. The van der Waals surface area contributed by atoms with Gasteiger partial charge in [-0.15, -0.1) is 0 Å². The third-order valence-corrected chi connectivity index (χ3v) is 4.16. The number of anilines is 1. The van der Waals surface area contributed by atoms with Crippen LogP contribution in [0.4, 0.5) is 23.2 Å². The van der Waals surface area contributed by atoms with Crippen molar-refractivity contribution in [3.05, 3.63) is 81.8 Å². The number of nitrogen functional groups attached to an aromatic ring is 1. The average molecular weight is 421 g/mol. The summed E-state index contributed by atoms with van der Waals surface area (Å²) in [6.07, 6.45) is -2.46. The first-order valence-electron chi connectivity index (χ1n) is 8.55. The van der Waals surface area contributed by atoms with E-state index in [4.69, 9.17) is 5.73 Å². The Morgan fingerprint density at radius 2 is 1.93 bits per heavy atom. The second kappa shape index (κ2) is 7.93. The molecule has 1 aromatic carbocycles. The topological polar surface area (TPSA) is 103 Å². The van der Waals surface area contributed by atoms with Gasteiger partial charge in [0.15, 0.2) is 5.82 Å². The quantitative estimate of drug-likeness (QED) is 0.498. The van der Waals surface area contributed by atoms with Crippen molar-refractivity contribution in [3.8, 4) is 5.69 Å². The highest BCUT2D eigenvalue weighted by molar-refractivity contribution is 5.92. The van der Waals surface area contributed by atoms with Gasteiger partial charge < -0.3 is 11.1 Å². The van der Waals surface area contributed by atoms with E-state index >= 15 is 0 Å². The zero-order valence-electron chi connectivity index (χ0n) is 15.4. The van der Waals surface area contributed by atoms with E-state index in [1.807, 2.05) is 0 Å². The summed E-state index contributed by atoms with van der Waals surface area (Å²) in [6.45, 7) is 1.46. The van der Waals surface area contributed by atoms with Crippen LogP contribution in [0, 0.1) is 5.82 Å². The SMILES string of the molecule is C[C@@H](NC(=O)c1ccc(=O)n(-c2ccncc2F)n1)c1cc(N)cc(C(F)(F)F)c1. The van der Waals surface area contributed by atoms with E-state index < -0.39 is 35.1 Å². The van der Waals surface area contributed by atoms with Gasteiger partial charge in [-0.2, -0.15) is 23.0 Å². The first-order valence-corrected chi connectivity index (χ1v) is 8.55. The minimum Gasteiger partial charge on any atom is -0.399 e. The maximum absolute atomic E-state index is 13.9. The lowest BCUT2D eigenvalue weighted by Gasteiger charge is -2.17. The summed E-state index contributed by atoms with van der Waals surface area (Å²) >= 11 is 0. The first kappa shape index (κ1) is 21.0. The van der Waals surface area contributed by atoms with Crippen LogP contribution in [0.1, 0.15) is 34.6 Å². The van der Waals surface area contributed by atoms with Crippen LogP contribution < -0.4 is 16.6 Å². The molecule has 0 unspecified atom stereocenters. The number of nitrogens with two attached hydrogens (primary N) is 1. The van der Waals surface area contributed by atoms with Crippen molar-refractivity contribution < 1.29 is 22.4 Å². The second-order valence-electron chi connectivity index (χ2n) is 6.38. The Labute approximate surface area is 167 Å². The van der Waals surface area contributed by atoms with Crippen LogP contribution >= 0.6 is 0 Å². The molecular weight excluding hydrogens is 406 g/mol. The van der Waals surface area contributed by atoms with E-state index in [0.29, 0.717) is 4.68 Å². The summed E-state index contributed by atoms with van der Waals surface area (Å²) in [4.78, 5) is 28.1. The molecule has 0 radical (unpaired) electrons. The standard InChI is InChI=1S/C19H15F4N5O2/c1-10(11-6-12(19(21,22)23)8-13(24)7-11)26-18(30)15-2-3-17(29)28(27-15)16-4-5-25-9-14(16)20/h2-10H,24H2,1H3,(H,26,30)/t10-/m1/s1. The molecule has 3 rings (SSSR count). The van der Waals surface area contributed by atoms with Crippen molar-refractivity contribution in [1.29, 1.82) is 0 Å². The summed E-state index contributed by atoms with van der Waals surface area (Å²) < 4.78 is 53.6. The maximum Gasteiger partial charge on any atom is 0.416 e. The lowest BCUT2D eigenvalue weighted by molar-refractivity contribution is -0.137. The lowest BCUT2D eigenvalue weighted by atomic mass is 10.0. The van der Waals surface area contributed by atoms with Gasteiger partial charge in [0.25, 0.3) is 11.5 Å². The monoisotopic (exact) mass is 421 g/mol. The highest BCUT2D eigenvalue weighted by Crippen LogP contribution is 2.32. The summed E-state index contributed by atoms with van der Waals surface area (Å²) in [5.74, 6) is -1.60. The zero-order valence-corrected chi connectivity index (χ0v) is 15.4. The van der Waals surface area contributed by atoms with Gasteiger partial charge in [-0.25, -0.2) is 4.39 Å². The predicted octanol–water partition coefficient (Wildman–Crippen LogP) is 2.86. The van der Waals surface area contributed by atoms with Crippen LogP contribution in [-0.4, -0.2) is 20.7 Å². The number of halogens is 4. The number of aromatic nitrogens is 3. The molecule has 1 amide bonds. The summed E-state index contributed by atoms with van der Waals surface area (Å²) in [5, 5.41) is 6.33. The Kier molecular flexibility index (Phi) is 5.54.